The molecule has 0 aliphatic carbocycles. The van der Waals surface area contributed by atoms with Crippen LogP contribution in [0.25, 0.3) is 0 Å². The normalized spacial score (nSPS) is 14.7. The van der Waals surface area contributed by atoms with Crippen LogP contribution in [0.15, 0.2) is 34.1 Å². The topological polar surface area (TPSA) is 108 Å². The molecule has 1 fully saturated rings. The number of rotatable bonds is 6. The van der Waals surface area contributed by atoms with Gasteiger partial charge >= 0.3 is 0 Å². The number of ether oxygens (including phenoxy) is 1. The van der Waals surface area contributed by atoms with Crippen LogP contribution in [0, 0.1) is 18.3 Å². The number of benzene rings is 1. The number of hydrogen-bond acceptors (Lipinski definition) is 7. The Labute approximate surface area is 174 Å². The lowest BCUT2D eigenvalue weighted by molar-refractivity contribution is 0.0360. The number of nitriles is 1. The summed E-state index contributed by atoms with van der Waals surface area (Å²) in [4.78, 5) is 30.8. The van der Waals surface area contributed by atoms with E-state index in [9.17, 15) is 20.0 Å². The van der Waals surface area contributed by atoms with Crippen molar-refractivity contribution in [3.63, 3.8) is 0 Å². The first-order valence-electron chi connectivity index (χ1n) is 9.74. The predicted octanol–water partition coefficient (Wildman–Crippen LogP) is 2.02. The number of aliphatic imine (C=N–C) groups is 1. The Balaban J connectivity index is 1.95. The fourth-order valence-electron chi connectivity index (χ4n) is 3.34. The van der Waals surface area contributed by atoms with Gasteiger partial charge in [0, 0.05) is 38.0 Å². The molecule has 0 bridgehead atoms. The van der Waals surface area contributed by atoms with Crippen molar-refractivity contribution in [1.82, 2.24) is 9.47 Å². The molecule has 2 heterocycles. The number of nitrogens with zero attached hydrogens (tertiary/aromatic N) is 4. The Morgan fingerprint density at radius 1 is 1.33 bits per heavy atom. The van der Waals surface area contributed by atoms with Crippen molar-refractivity contribution in [3.8, 4) is 11.9 Å². The predicted molar refractivity (Wildman–Crippen MR) is 113 cm³/mol. The molecule has 1 aromatic carbocycles. The van der Waals surface area contributed by atoms with Gasteiger partial charge in [0.1, 0.15) is 11.6 Å². The molecular weight excluding hydrogens is 384 g/mol. The van der Waals surface area contributed by atoms with E-state index in [1.54, 1.807) is 31.2 Å². The van der Waals surface area contributed by atoms with Gasteiger partial charge in [-0.3, -0.25) is 24.0 Å². The SMILES string of the molecule is CC(=O)c1cccc(N=Cc2c(C)c(C#N)c(=O)n(CCN3CCOCC3)c2O)c1. The summed E-state index contributed by atoms with van der Waals surface area (Å²) in [6, 6.07) is 8.74. The summed E-state index contributed by atoms with van der Waals surface area (Å²) in [7, 11) is 0. The number of Topliss-reactive ketones (excluding diaryl/α,β-unsaturated/α-hetero) is 1. The number of pyridine rings is 1. The van der Waals surface area contributed by atoms with Gasteiger partial charge in [-0.2, -0.15) is 5.26 Å². The Kier molecular flexibility index (Phi) is 6.77. The first kappa shape index (κ1) is 21.4. The minimum absolute atomic E-state index is 0.0197. The van der Waals surface area contributed by atoms with Gasteiger partial charge in [-0.05, 0) is 31.5 Å². The summed E-state index contributed by atoms with van der Waals surface area (Å²) in [5, 5.41) is 20.3. The largest absolute Gasteiger partial charge is 0.494 e. The number of ketones is 1. The number of hydrogen-bond donors (Lipinski definition) is 1. The standard InChI is InChI=1S/C22H24N4O4/c1-15-19(13-23)21(28)26(7-6-25-8-10-30-11-9-25)22(29)20(15)14-24-18-5-3-4-17(12-18)16(2)27/h3-5,12,14,29H,6-11H2,1-2H3. The molecule has 0 unspecified atom stereocenters. The van der Waals surface area contributed by atoms with Crippen LogP contribution in [-0.2, 0) is 11.3 Å². The van der Waals surface area contributed by atoms with Crippen LogP contribution in [0.4, 0.5) is 5.69 Å². The van der Waals surface area contributed by atoms with Gasteiger partial charge in [-0.1, -0.05) is 12.1 Å². The van der Waals surface area contributed by atoms with E-state index in [1.807, 2.05) is 6.07 Å². The maximum atomic E-state index is 12.7. The van der Waals surface area contributed by atoms with Gasteiger partial charge in [0.15, 0.2) is 5.78 Å². The zero-order chi connectivity index (χ0) is 21.7. The molecule has 0 amide bonds. The summed E-state index contributed by atoms with van der Waals surface area (Å²) in [6.07, 6.45) is 1.43. The number of carbonyl (C=O) groups excluding carboxylic acids is 1. The Bertz CT molecular complexity index is 1080. The van der Waals surface area contributed by atoms with Gasteiger partial charge in [0.05, 0.1) is 24.5 Å². The van der Waals surface area contributed by atoms with E-state index in [0.29, 0.717) is 42.1 Å². The molecule has 156 valence electrons. The molecule has 1 aliphatic heterocycles. The quantitative estimate of drug-likeness (QED) is 0.579. The third-order valence-electron chi connectivity index (χ3n) is 5.19. The number of aromatic nitrogens is 1. The minimum Gasteiger partial charge on any atom is -0.494 e. The van der Waals surface area contributed by atoms with Gasteiger partial charge in [0.2, 0.25) is 5.88 Å². The highest BCUT2D eigenvalue weighted by Gasteiger charge is 2.19. The van der Waals surface area contributed by atoms with Gasteiger partial charge < -0.3 is 9.84 Å². The summed E-state index contributed by atoms with van der Waals surface area (Å²) in [5.41, 5.74) is 1.20. The molecule has 1 saturated heterocycles. The molecule has 1 N–H and O–H groups in total. The van der Waals surface area contributed by atoms with Crippen LogP contribution < -0.4 is 5.56 Å². The first-order chi connectivity index (χ1) is 14.4. The fraction of sp³-hybridized carbons (Fsp3) is 0.364. The average Bonchev–Trinajstić information content (AvgIpc) is 2.75. The first-order valence-corrected chi connectivity index (χ1v) is 9.74. The van der Waals surface area contributed by atoms with E-state index in [-0.39, 0.29) is 23.8 Å². The van der Waals surface area contributed by atoms with Crippen LogP contribution in [0.5, 0.6) is 5.88 Å². The monoisotopic (exact) mass is 408 g/mol. The van der Waals surface area contributed by atoms with Crippen LogP contribution >= 0.6 is 0 Å². The van der Waals surface area contributed by atoms with E-state index < -0.39 is 5.56 Å². The molecule has 2 aromatic rings. The zero-order valence-corrected chi connectivity index (χ0v) is 17.1. The third-order valence-corrected chi connectivity index (χ3v) is 5.19. The van der Waals surface area contributed by atoms with Gasteiger partial charge in [0.25, 0.3) is 5.56 Å². The second-order valence-corrected chi connectivity index (χ2v) is 7.12. The molecule has 0 spiro atoms. The molecule has 3 rings (SSSR count). The maximum absolute atomic E-state index is 12.7. The molecule has 1 aromatic heterocycles. The Hall–Kier alpha value is -3.28. The van der Waals surface area contributed by atoms with Gasteiger partial charge in [-0.15, -0.1) is 0 Å². The van der Waals surface area contributed by atoms with Crippen molar-refractivity contribution < 1.29 is 14.6 Å². The van der Waals surface area contributed by atoms with Crippen molar-refractivity contribution in [3.05, 3.63) is 56.9 Å². The molecule has 0 radical (unpaired) electrons. The van der Waals surface area contributed by atoms with Crippen molar-refractivity contribution in [1.29, 1.82) is 5.26 Å². The average molecular weight is 408 g/mol. The zero-order valence-electron chi connectivity index (χ0n) is 17.1. The minimum atomic E-state index is -0.517. The van der Waals surface area contributed by atoms with Crippen molar-refractivity contribution in [2.75, 3.05) is 32.8 Å². The molecule has 8 heteroatoms. The Morgan fingerprint density at radius 3 is 2.73 bits per heavy atom. The summed E-state index contributed by atoms with van der Waals surface area (Å²) >= 11 is 0. The lowest BCUT2D eigenvalue weighted by Crippen LogP contribution is -2.39. The van der Waals surface area contributed by atoms with Crippen molar-refractivity contribution in [2.45, 2.75) is 20.4 Å². The lowest BCUT2D eigenvalue weighted by Gasteiger charge is -2.27. The van der Waals surface area contributed by atoms with Crippen LogP contribution in [0.1, 0.15) is 34.0 Å². The van der Waals surface area contributed by atoms with E-state index in [1.165, 1.54) is 17.7 Å². The molecular formula is C22H24N4O4. The number of aromatic hydroxyl groups is 1. The van der Waals surface area contributed by atoms with E-state index in [4.69, 9.17) is 4.74 Å². The second-order valence-electron chi connectivity index (χ2n) is 7.12. The highest BCUT2D eigenvalue weighted by molar-refractivity contribution is 5.95. The molecule has 8 nitrogen and oxygen atoms in total. The fourth-order valence-corrected chi connectivity index (χ4v) is 3.34. The van der Waals surface area contributed by atoms with Crippen LogP contribution in [0.3, 0.4) is 0 Å². The van der Waals surface area contributed by atoms with Crippen molar-refractivity contribution in [2.24, 2.45) is 4.99 Å². The number of carbonyl (C=O) groups is 1. The van der Waals surface area contributed by atoms with Crippen molar-refractivity contribution >= 4 is 17.7 Å². The highest BCUT2D eigenvalue weighted by Crippen LogP contribution is 2.22. The smallest absolute Gasteiger partial charge is 0.271 e. The van der Waals surface area contributed by atoms with E-state index >= 15 is 0 Å². The molecule has 30 heavy (non-hydrogen) atoms. The van der Waals surface area contributed by atoms with E-state index in [0.717, 1.165) is 13.1 Å². The molecule has 0 saturated carbocycles. The molecule has 0 atom stereocenters. The summed E-state index contributed by atoms with van der Waals surface area (Å²) in [5.74, 6) is -0.300. The highest BCUT2D eigenvalue weighted by atomic mass is 16.5. The maximum Gasteiger partial charge on any atom is 0.271 e. The summed E-state index contributed by atoms with van der Waals surface area (Å²) in [6.45, 7) is 6.68. The number of morpholine rings is 1. The van der Waals surface area contributed by atoms with Crippen LogP contribution in [-0.4, -0.2) is 59.4 Å². The van der Waals surface area contributed by atoms with Gasteiger partial charge in [-0.25, -0.2) is 0 Å². The Morgan fingerprint density at radius 2 is 2.07 bits per heavy atom. The molecule has 1 aliphatic rings. The van der Waals surface area contributed by atoms with E-state index in [2.05, 4.69) is 9.89 Å². The summed E-state index contributed by atoms with van der Waals surface area (Å²) < 4.78 is 6.54. The lowest BCUT2D eigenvalue weighted by atomic mass is 10.1. The third kappa shape index (κ3) is 4.64. The van der Waals surface area contributed by atoms with Crippen LogP contribution in [0.2, 0.25) is 0 Å². The second kappa shape index (κ2) is 9.48.